The predicted molar refractivity (Wildman–Crippen MR) is 94.2 cm³/mol. The second-order valence-electron chi connectivity index (χ2n) is 6.97. The molecule has 1 aromatic carbocycles. The summed E-state index contributed by atoms with van der Waals surface area (Å²) in [5.41, 5.74) is 4.52. The number of esters is 1. The summed E-state index contributed by atoms with van der Waals surface area (Å²) in [5, 5.41) is 0. The summed E-state index contributed by atoms with van der Waals surface area (Å²) in [7, 11) is 1.37. The fourth-order valence-corrected chi connectivity index (χ4v) is 4.45. The molecule has 0 spiro atoms. The molecule has 2 bridgehead atoms. The molecule has 2 aliphatic carbocycles. The van der Waals surface area contributed by atoms with E-state index in [2.05, 4.69) is 19.1 Å². The smallest absolute Gasteiger partial charge is 0.320 e. The molecule has 0 aromatic heterocycles. The van der Waals surface area contributed by atoms with Gasteiger partial charge in [-0.05, 0) is 44.2 Å². The lowest BCUT2D eigenvalue weighted by Gasteiger charge is -2.27. The molecule has 0 amide bonds. The number of benzene rings is 1. The van der Waals surface area contributed by atoms with Crippen LogP contribution in [0.4, 0.5) is 0 Å². The van der Waals surface area contributed by atoms with Gasteiger partial charge in [-0.3, -0.25) is 9.59 Å². The number of allylic oxidation sites excluding steroid dienone is 4. The maximum Gasteiger partial charge on any atom is 0.320 e. The molecule has 0 unspecified atom stereocenters. The molecule has 0 saturated heterocycles. The zero-order valence-corrected chi connectivity index (χ0v) is 14.8. The Balaban J connectivity index is 2.19. The minimum atomic E-state index is -1.00. The van der Waals surface area contributed by atoms with Crippen molar-refractivity contribution in [2.45, 2.75) is 40.0 Å². The molecule has 2 aliphatic rings. The van der Waals surface area contributed by atoms with Gasteiger partial charge in [-0.25, -0.2) is 0 Å². The number of ether oxygens (including phenoxy) is 1. The van der Waals surface area contributed by atoms with Crippen LogP contribution in [0.5, 0.6) is 0 Å². The van der Waals surface area contributed by atoms with Gasteiger partial charge in [0.05, 0.1) is 7.11 Å². The van der Waals surface area contributed by atoms with Gasteiger partial charge in [0, 0.05) is 11.5 Å². The normalized spacial score (nSPS) is 27.4. The number of Topliss-reactive ketones (excluding diaryl/α,β-unsaturated/α-hetero) is 1. The number of rotatable bonds is 3. The third kappa shape index (κ3) is 2.26. The summed E-state index contributed by atoms with van der Waals surface area (Å²) in [5.74, 6) is -0.351. The van der Waals surface area contributed by atoms with Crippen LogP contribution in [0.25, 0.3) is 5.57 Å². The lowest BCUT2D eigenvalue weighted by atomic mass is 9.76. The van der Waals surface area contributed by atoms with E-state index in [9.17, 15) is 9.59 Å². The Kier molecular flexibility index (Phi) is 4.20. The van der Waals surface area contributed by atoms with Crippen molar-refractivity contribution in [2.75, 3.05) is 7.11 Å². The van der Waals surface area contributed by atoms with E-state index in [1.807, 2.05) is 32.0 Å². The van der Waals surface area contributed by atoms with E-state index in [4.69, 9.17) is 4.74 Å². The van der Waals surface area contributed by atoms with Crippen molar-refractivity contribution in [3.63, 3.8) is 0 Å². The van der Waals surface area contributed by atoms with Gasteiger partial charge in [-0.1, -0.05) is 48.4 Å². The maximum atomic E-state index is 12.9. The summed E-state index contributed by atoms with van der Waals surface area (Å²) in [6.07, 6.45) is 1.94. The number of carbonyl (C=O) groups excluding carboxylic acids is 2. The van der Waals surface area contributed by atoms with Crippen LogP contribution in [0.3, 0.4) is 0 Å². The van der Waals surface area contributed by atoms with Crippen molar-refractivity contribution in [2.24, 2.45) is 11.3 Å². The minimum absolute atomic E-state index is 0.0217. The SMILES string of the molecule is CC/C(=C1\C[C@]2(C(=O)OC)C[C@H]1C(=C(C)C)C2=O)c1ccccc1. The average Bonchev–Trinajstić information content (AvgIpc) is 3.10. The van der Waals surface area contributed by atoms with Crippen LogP contribution in [-0.4, -0.2) is 18.9 Å². The van der Waals surface area contributed by atoms with Crippen LogP contribution in [0.15, 0.2) is 47.1 Å². The molecule has 24 heavy (non-hydrogen) atoms. The standard InChI is InChI=1S/C21H24O3/c1-5-15(14-9-7-6-8-10-14)16-11-21(20(23)24-4)12-17(16)18(13(2)3)19(21)22/h6-10,17H,5,11-12H2,1-4H3/b16-15-/t17-,21+/m1/s1. The second-order valence-corrected chi connectivity index (χ2v) is 6.97. The molecule has 3 rings (SSSR count). The number of ketones is 1. The van der Waals surface area contributed by atoms with Gasteiger partial charge in [0.2, 0.25) is 0 Å². The zero-order chi connectivity index (χ0) is 17.5. The molecule has 2 fully saturated rings. The van der Waals surface area contributed by atoms with Gasteiger partial charge in [0.25, 0.3) is 0 Å². The highest BCUT2D eigenvalue weighted by molar-refractivity contribution is 6.17. The van der Waals surface area contributed by atoms with Crippen molar-refractivity contribution in [3.8, 4) is 0 Å². The van der Waals surface area contributed by atoms with Crippen LogP contribution >= 0.6 is 0 Å². The Bertz CT molecular complexity index is 751. The Morgan fingerprint density at radius 1 is 1.25 bits per heavy atom. The van der Waals surface area contributed by atoms with Crippen molar-refractivity contribution in [1.29, 1.82) is 0 Å². The molecule has 2 atom stereocenters. The molecule has 126 valence electrons. The summed E-state index contributed by atoms with van der Waals surface area (Å²) in [6, 6.07) is 10.3. The Morgan fingerprint density at radius 3 is 2.46 bits per heavy atom. The topological polar surface area (TPSA) is 43.4 Å². The number of hydrogen-bond donors (Lipinski definition) is 0. The largest absolute Gasteiger partial charge is 0.468 e. The first kappa shape index (κ1) is 16.7. The second kappa shape index (κ2) is 6.04. The minimum Gasteiger partial charge on any atom is -0.468 e. The maximum absolute atomic E-state index is 12.9. The fraction of sp³-hybridized carbons (Fsp3) is 0.429. The number of methoxy groups -OCH3 is 1. The Hall–Kier alpha value is -2.16. The molecule has 2 saturated carbocycles. The molecular weight excluding hydrogens is 300 g/mol. The molecule has 0 aliphatic heterocycles. The van der Waals surface area contributed by atoms with Gasteiger partial charge in [0.15, 0.2) is 5.78 Å². The first-order valence-electron chi connectivity index (χ1n) is 8.54. The summed E-state index contributed by atoms with van der Waals surface area (Å²) in [6.45, 7) is 6.06. The highest BCUT2D eigenvalue weighted by Crippen LogP contribution is 2.60. The van der Waals surface area contributed by atoms with E-state index in [0.29, 0.717) is 12.8 Å². The van der Waals surface area contributed by atoms with Gasteiger partial charge in [0.1, 0.15) is 5.41 Å². The van der Waals surface area contributed by atoms with E-state index in [1.54, 1.807) is 0 Å². The third-order valence-electron chi connectivity index (χ3n) is 5.47. The number of hydrogen-bond acceptors (Lipinski definition) is 3. The lowest BCUT2D eigenvalue weighted by molar-refractivity contribution is -0.155. The zero-order valence-electron chi connectivity index (χ0n) is 14.8. The third-order valence-corrected chi connectivity index (χ3v) is 5.47. The molecule has 0 heterocycles. The number of carbonyl (C=O) groups is 2. The summed E-state index contributed by atoms with van der Waals surface area (Å²) in [4.78, 5) is 25.4. The fourth-order valence-electron chi connectivity index (χ4n) is 4.45. The van der Waals surface area contributed by atoms with Crippen molar-refractivity contribution in [3.05, 3.63) is 52.6 Å². The van der Waals surface area contributed by atoms with Crippen molar-refractivity contribution in [1.82, 2.24) is 0 Å². The van der Waals surface area contributed by atoms with Gasteiger partial charge in [-0.15, -0.1) is 0 Å². The summed E-state index contributed by atoms with van der Waals surface area (Å²) >= 11 is 0. The van der Waals surface area contributed by atoms with Crippen LogP contribution in [0.2, 0.25) is 0 Å². The monoisotopic (exact) mass is 324 g/mol. The highest BCUT2D eigenvalue weighted by atomic mass is 16.5. The lowest BCUT2D eigenvalue weighted by Crippen LogP contribution is -2.37. The molecule has 3 nitrogen and oxygen atoms in total. The van der Waals surface area contributed by atoms with E-state index in [-0.39, 0.29) is 17.7 Å². The van der Waals surface area contributed by atoms with Crippen LogP contribution in [0, 0.1) is 11.3 Å². The molecule has 0 radical (unpaired) electrons. The van der Waals surface area contributed by atoms with Crippen LogP contribution in [0.1, 0.15) is 45.6 Å². The highest BCUT2D eigenvalue weighted by Gasteiger charge is 2.62. The van der Waals surface area contributed by atoms with E-state index >= 15 is 0 Å². The van der Waals surface area contributed by atoms with Crippen LogP contribution < -0.4 is 0 Å². The van der Waals surface area contributed by atoms with E-state index in [0.717, 1.165) is 17.6 Å². The number of fused-ring (bicyclic) bond motifs is 2. The van der Waals surface area contributed by atoms with Gasteiger partial charge >= 0.3 is 5.97 Å². The summed E-state index contributed by atoms with van der Waals surface area (Å²) < 4.78 is 5.02. The predicted octanol–water partition coefficient (Wildman–Crippen LogP) is 4.34. The molecule has 0 N–H and O–H groups in total. The Labute approximate surface area is 143 Å². The van der Waals surface area contributed by atoms with Crippen molar-refractivity contribution >= 4 is 17.3 Å². The first-order chi connectivity index (χ1) is 11.5. The van der Waals surface area contributed by atoms with Gasteiger partial charge in [-0.2, -0.15) is 0 Å². The van der Waals surface area contributed by atoms with Gasteiger partial charge < -0.3 is 4.74 Å². The molecular formula is C21H24O3. The molecule has 3 heteroatoms. The average molecular weight is 324 g/mol. The first-order valence-corrected chi connectivity index (χ1v) is 8.54. The van der Waals surface area contributed by atoms with Crippen LogP contribution in [-0.2, 0) is 14.3 Å². The van der Waals surface area contributed by atoms with Crippen molar-refractivity contribution < 1.29 is 14.3 Å². The van der Waals surface area contributed by atoms with E-state index in [1.165, 1.54) is 23.8 Å². The molecule has 1 aromatic rings. The quantitative estimate of drug-likeness (QED) is 0.472. The Morgan fingerprint density at radius 2 is 1.92 bits per heavy atom. The van der Waals surface area contributed by atoms with E-state index < -0.39 is 5.41 Å².